The Hall–Kier alpha value is -2.08. The molecule has 2 aliphatic carbocycles. The van der Waals surface area contributed by atoms with Crippen LogP contribution in [0.15, 0.2) is 24.4 Å². The van der Waals surface area contributed by atoms with Gasteiger partial charge in [-0.15, -0.1) is 11.3 Å². The van der Waals surface area contributed by atoms with E-state index in [4.69, 9.17) is 30.9 Å². The zero-order valence-electron chi connectivity index (χ0n) is 24.3. The van der Waals surface area contributed by atoms with Gasteiger partial charge in [0, 0.05) is 65.4 Å². The number of rotatable bonds is 12. The number of halogens is 1. The van der Waals surface area contributed by atoms with E-state index < -0.39 is 18.2 Å². The number of hydrogen-bond donors (Lipinski definition) is 2. The summed E-state index contributed by atoms with van der Waals surface area (Å²) in [4.78, 5) is 32.7. The Labute approximate surface area is 256 Å². The van der Waals surface area contributed by atoms with Gasteiger partial charge in [-0.05, 0) is 57.2 Å². The molecule has 1 aliphatic heterocycles. The molecule has 42 heavy (non-hydrogen) atoms. The summed E-state index contributed by atoms with van der Waals surface area (Å²) in [7, 11) is 1.70. The molecular weight excluding hydrogens is 580 g/mol. The van der Waals surface area contributed by atoms with Crippen molar-refractivity contribution in [1.29, 1.82) is 0 Å². The zero-order valence-corrected chi connectivity index (χ0v) is 25.9. The van der Waals surface area contributed by atoms with E-state index in [-0.39, 0.29) is 48.9 Å². The van der Waals surface area contributed by atoms with Gasteiger partial charge in [-0.3, -0.25) is 9.59 Å². The number of anilines is 1. The standard InChI is InChI=1S/C31H41ClN2O7S/c1-3-40-24-7-4-6-21(29(24)39-2)28-22-14-19(32)8-10-23(22)34(17-31(18-35)12-5-13-31)30(38)25(41-28)15-26-33-16-20(42-26)9-11-27(36)37/h8,10,14,16,21,24-25,28-29,35H,3-7,9,11-13,15,17-18H2,1-2H3,(H,36,37)/t21?,24?,25-,28-,29+/m1/s1. The number of methoxy groups -OCH3 is 1. The first-order chi connectivity index (χ1) is 20.3. The Morgan fingerprint density at radius 3 is 2.76 bits per heavy atom. The number of carboxylic acid groups (broad SMARTS) is 1. The van der Waals surface area contributed by atoms with Gasteiger partial charge in [-0.2, -0.15) is 0 Å². The highest BCUT2D eigenvalue weighted by atomic mass is 35.5. The average Bonchev–Trinajstić information content (AvgIpc) is 3.37. The van der Waals surface area contributed by atoms with Crippen molar-refractivity contribution in [3.63, 3.8) is 0 Å². The molecule has 9 nitrogen and oxygen atoms in total. The average molecular weight is 621 g/mol. The summed E-state index contributed by atoms with van der Waals surface area (Å²) >= 11 is 8.00. The molecule has 2 N–H and O–H groups in total. The molecule has 230 valence electrons. The SMILES string of the molecule is CCOC1CCCC([C@H]2O[C@H](Cc3ncc(CCC(=O)O)s3)C(=O)N(CC3(CO)CCC3)c3ccc(Cl)cc32)[C@@H]1OC. The molecule has 0 bridgehead atoms. The number of nitrogens with zero attached hydrogens (tertiary/aromatic N) is 2. The van der Waals surface area contributed by atoms with Crippen LogP contribution < -0.4 is 4.90 Å². The fraction of sp³-hybridized carbons (Fsp3) is 0.645. The van der Waals surface area contributed by atoms with E-state index in [2.05, 4.69) is 4.98 Å². The molecule has 5 rings (SSSR count). The van der Waals surface area contributed by atoms with Crippen molar-refractivity contribution < 1.29 is 34.0 Å². The van der Waals surface area contributed by atoms with Crippen molar-refractivity contribution in [2.75, 3.05) is 31.8 Å². The molecule has 0 saturated heterocycles. The first-order valence-corrected chi connectivity index (χ1v) is 16.1. The molecule has 3 aliphatic rings. The smallest absolute Gasteiger partial charge is 0.303 e. The van der Waals surface area contributed by atoms with Crippen LogP contribution in [0.2, 0.25) is 5.02 Å². The van der Waals surface area contributed by atoms with Crippen LogP contribution in [-0.4, -0.2) is 72.3 Å². The van der Waals surface area contributed by atoms with Crippen molar-refractivity contribution in [3.05, 3.63) is 44.9 Å². The maximum atomic E-state index is 14.4. The number of hydrogen-bond acceptors (Lipinski definition) is 8. The highest BCUT2D eigenvalue weighted by Gasteiger charge is 2.47. The number of fused-ring (bicyclic) bond motifs is 1. The van der Waals surface area contributed by atoms with Gasteiger partial charge in [0.05, 0.1) is 36.3 Å². The summed E-state index contributed by atoms with van der Waals surface area (Å²) in [6.07, 6.45) is 6.16. The number of aliphatic hydroxyl groups is 1. The summed E-state index contributed by atoms with van der Waals surface area (Å²) in [6.45, 7) is 2.97. The molecule has 5 atom stereocenters. The lowest BCUT2D eigenvalue weighted by Crippen LogP contribution is -2.50. The molecule has 1 aromatic heterocycles. The Morgan fingerprint density at radius 1 is 1.29 bits per heavy atom. The molecular formula is C31H41ClN2O7S. The van der Waals surface area contributed by atoms with E-state index in [1.54, 1.807) is 24.3 Å². The van der Waals surface area contributed by atoms with Gasteiger partial charge in [0.25, 0.3) is 5.91 Å². The highest BCUT2D eigenvalue weighted by Crippen LogP contribution is 2.48. The van der Waals surface area contributed by atoms with Crippen molar-refractivity contribution in [3.8, 4) is 0 Å². The number of aryl methyl sites for hydroxylation is 1. The molecule has 1 aromatic carbocycles. The maximum Gasteiger partial charge on any atom is 0.303 e. The fourth-order valence-electron chi connectivity index (χ4n) is 6.76. The zero-order chi connectivity index (χ0) is 29.9. The number of aliphatic hydroxyl groups excluding tert-OH is 1. The number of thiazole rings is 1. The van der Waals surface area contributed by atoms with Crippen molar-refractivity contribution >= 4 is 40.5 Å². The number of carboxylic acids is 1. The second-order valence-corrected chi connectivity index (χ2v) is 13.4. The normalized spacial score (nSPS) is 27.3. The van der Waals surface area contributed by atoms with Crippen molar-refractivity contribution in [2.24, 2.45) is 11.3 Å². The second kappa shape index (κ2) is 13.7. The molecule has 2 heterocycles. The van der Waals surface area contributed by atoms with Crippen LogP contribution in [0.25, 0.3) is 0 Å². The van der Waals surface area contributed by atoms with Crippen LogP contribution in [0.5, 0.6) is 0 Å². The van der Waals surface area contributed by atoms with Crippen LogP contribution in [0.3, 0.4) is 0 Å². The molecule has 1 amide bonds. The first-order valence-electron chi connectivity index (χ1n) is 14.9. The van der Waals surface area contributed by atoms with E-state index in [9.17, 15) is 14.7 Å². The number of benzene rings is 1. The van der Waals surface area contributed by atoms with E-state index >= 15 is 0 Å². The Kier molecular flexibility index (Phi) is 10.2. The monoisotopic (exact) mass is 620 g/mol. The highest BCUT2D eigenvalue weighted by molar-refractivity contribution is 7.11. The molecule has 0 radical (unpaired) electrons. The molecule has 2 aromatic rings. The van der Waals surface area contributed by atoms with Crippen LogP contribution in [0.4, 0.5) is 5.69 Å². The lowest BCUT2D eigenvalue weighted by Gasteiger charge is -2.44. The number of carbonyl (C=O) groups excluding carboxylic acids is 1. The lowest BCUT2D eigenvalue weighted by molar-refractivity contribution is -0.156. The second-order valence-electron chi connectivity index (χ2n) is 11.8. The summed E-state index contributed by atoms with van der Waals surface area (Å²) in [5.74, 6) is -1.11. The van der Waals surface area contributed by atoms with Gasteiger partial charge >= 0.3 is 5.97 Å². The van der Waals surface area contributed by atoms with Gasteiger partial charge in [0.1, 0.15) is 6.10 Å². The molecule has 0 spiro atoms. The van der Waals surface area contributed by atoms with E-state index in [0.29, 0.717) is 24.6 Å². The van der Waals surface area contributed by atoms with Gasteiger partial charge < -0.3 is 29.3 Å². The van der Waals surface area contributed by atoms with E-state index in [1.807, 2.05) is 19.1 Å². The molecule has 11 heteroatoms. The molecule has 2 saturated carbocycles. The third kappa shape index (κ3) is 6.69. The van der Waals surface area contributed by atoms with Crippen molar-refractivity contribution in [1.82, 2.24) is 4.98 Å². The topological polar surface area (TPSA) is 118 Å². The quantitative estimate of drug-likeness (QED) is 0.332. The maximum absolute atomic E-state index is 14.4. The number of ether oxygens (including phenoxy) is 3. The largest absolute Gasteiger partial charge is 0.481 e. The van der Waals surface area contributed by atoms with Gasteiger partial charge in [-0.1, -0.05) is 24.4 Å². The predicted molar refractivity (Wildman–Crippen MR) is 160 cm³/mol. The third-order valence-corrected chi connectivity index (χ3v) is 10.4. The summed E-state index contributed by atoms with van der Waals surface area (Å²) in [5.41, 5.74) is 1.25. The summed E-state index contributed by atoms with van der Waals surface area (Å²) in [5, 5.41) is 20.7. The van der Waals surface area contributed by atoms with Crippen LogP contribution >= 0.6 is 22.9 Å². The van der Waals surface area contributed by atoms with Gasteiger partial charge in [0.2, 0.25) is 0 Å². The minimum absolute atomic E-state index is 0.0124. The van der Waals surface area contributed by atoms with E-state index in [1.165, 1.54) is 11.3 Å². The van der Waals surface area contributed by atoms with Crippen LogP contribution in [0.1, 0.15) is 73.4 Å². The molecule has 2 fully saturated rings. The van der Waals surface area contributed by atoms with Crippen LogP contribution in [-0.2, 0) is 36.6 Å². The minimum atomic E-state index is -0.860. The van der Waals surface area contributed by atoms with Crippen LogP contribution in [0, 0.1) is 11.3 Å². The Morgan fingerprint density at radius 2 is 2.10 bits per heavy atom. The number of aliphatic carboxylic acids is 1. The number of amides is 1. The predicted octanol–water partition coefficient (Wildman–Crippen LogP) is 5.21. The Balaban J connectivity index is 1.54. The first kappa shape index (κ1) is 31.3. The Bertz CT molecular complexity index is 1240. The minimum Gasteiger partial charge on any atom is -0.481 e. The summed E-state index contributed by atoms with van der Waals surface area (Å²) in [6, 6.07) is 5.61. The third-order valence-electron chi connectivity index (χ3n) is 9.09. The summed E-state index contributed by atoms with van der Waals surface area (Å²) < 4.78 is 19.0. The van der Waals surface area contributed by atoms with Gasteiger partial charge in [0.15, 0.2) is 0 Å². The van der Waals surface area contributed by atoms with Gasteiger partial charge in [-0.25, -0.2) is 4.98 Å². The van der Waals surface area contributed by atoms with E-state index in [0.717, 1.165) is 59.7 Å². The number of aromatic nitrogens is 1. The van der Waals surface area contributed by atoms with Crippen molar-refractivity contribution in [2.45, 2.75) is 89.1 Å². The molecule has 2 unspecified atom stereocenters. The number of carbonyl (C=O) groups is 2. The fourth-order valence-corrected chi connectivity index (χ4v) is 7.89. The lowest BCUT2D eigenvalue weighted by atomic mass is 9.69.